The minimum atomic E-state index is -0.0646. The fraction of sp³-hybridized carbons (Fsp3) is 0.650. The highest BCUT2D eigenvalue weighted by Gasteiger charge is 2.43. The predicted molar refractivity (Wildman–Crippen MR) is 101 cm³/mol. The molecule has 7 nitrogen and oxygen atoms in total. The van der Waals surface area contributed by atoms with Crippen molar-refractivity contribution in [2.24, 2.45) is 17.8 Å². The molecule has 144 valence electrons. The molecular weight excluding hydrogens is 342 g/mol. The van der Waals surface area contributed by atoms with Gasteiger partial charge in [-0.15, -0.1) is 0 Å². The van der Waals surface area contributed by atoms with Crippen molar-refractivity contribution in [1.82, 2.24) is 15.2 Å². The lowest BCUT2D eigenvalue weighted by Gasteiger charge is -2.28. The SMILES string of the molecule is Cc1cc(N2CCNC2=O)cnc1OCC[C@@H]1C[C@@H]1C1CCN(C#N)CC1. The van der Waals surface area contributed by atoms with Crippen LogP contribution in [0.1, 0.15) is 31.2 Å². The summed E-state index contributed by atoms with van der Waals surface area (Å²) in [5.74, 6) is 3.03. The van der Waals surface area contributed by atoms with E-state index in [4.69, 9.17) is 10.00 Å². The molecule has 2 aliphatic heterocycles. The maximum atomic E-state index is 11.8. The molecule has 3 fully saturated rings. The Morgan fingerprint density at radius 2 is 2.19 bits per heavy atom. The standard InChI is InChI=1S/C20H27N5O2/c1-14-10-17(25-8-5-22-20(25)26)12-23-19(14)27-9-4-16-11-18(16)15-2-6-24(13-21)7-3-15/h10,12,15-16,18H,2-9,11H2,1H3,(H,22,26)/t16-,18-/m1/s1. The molecular formula is C20H27N5O2. The molecule has 0 spiro atoms. The van der Waals surface area contributed by atoms with Crippen molar-refractivity contribution >= 4 is 11.7 Å². The van der Waals surface area contributed by atoms with E-state index in [0.717, 1.165) is 61.4 Å². The number of ether oxygens (including phenoxy) is 1. The van der Waals surface area contributed by atoms with Gasteiger partial charge in [0.15, 0.2) is 6.19 Å². The van der Waals surface area contributed by atoms with Gasteiger partial charge in [-0.25, -0.2) is 9.78 Å². The largest absolute Gasteiger partial charge is 0.477 e. The first kappa shape index (κ1) is 17.9. The molecule has 2 saturated heterocycles. The molecule has 3 heterocycles. The lowest BCUT2D eigenvalue weighted by molar-refractivity contribution is 0.220. The third-order valence-corrected chi connectivity index (χ3v) is 6.18. The highest BCUT2D eigenvalue weighted by atomic mass is 16.5. The quantitative estimate of drug-likeness (QED) is 0.779. The first-order valence-electron chi connectivity index (χ1n) is 9.95. The summed E-state index contributed by atoms with van der Waals surface area (Å²) in [7, 11) is 0. The van der Waals surface area contributed by atoms with Crippen molar-refractivity contribution in [3.05, 3.63) is 17.8 Å². The Hall–Kier alpha value is -2.49. The first-order valence-corrected chi connectivity index (χ1v) is 9.95. The fourth-order valence-corrected chi connectivity index (χ4v) is 4.48. The van der Waals surface area contributed by atoms with E-state index in [0.29, 0.717) is 25.6 Å². The number of pyridine rings is 1. The summed E-state index contributed by atoms with van der Waals surface area (Å²) in [6.45, 7) is 5.86. The molecule has 1 aromatic heterocycles. The maximum absolute atomic E-state index is 11.8. The topological polar surface area (TPSA) is 81.5 Å². The summed E-state index contributed by atoms with van der Waals surface area (Å²) in [6, 6.07) is 1.90. The van der Waals surface area contributed by atoms with Gasteiger partial charge in [-0.1, -0.05) is 0 Å². The van der Waals surface area contributed by atoms with Crippen molar-refractivity contribution in [2.45, 2.75) is 32.6 Å². The smallest absolute Gasteiger partial charge is 0.322 e. The molecule has 1 aliphatic carbocycles. The number of rotatable bonds is 6. The van der Waals surface area contributed by atoms with E-state index < -0.39 is 0 Å². The Kier molecular flexibility index (Phi) is 5.06. The van der Waals surface area contributed by atoms with E-state index in [2.05, 4.69) is 16.5 Å². The number of nitrogens with one attached hydrogen (secondary N) is 1. The normalized spacial score (nSPS) is 25.3. The summed E-state index contributed by atoms with van der Waals surface area (Å²) in [5, 5.41) is 11.8. The summed E-state index contributed by atoms with van der Waals surface area (Å²) in [5.41, 5.74) is 1.78. The Bertz CT molecular complexity index is 738. The van der Waals surface area contributed by atoms with Crippen LogP contribution in [0.25, 0.3) is 0 Å². The van der Waals surface area contributed by atoms with Crippen LogP contribution in [0.15, 0.2) is 12.3 Å². The fourth-order valence-electron chi connectivity index (χ4n) is 4.48. The number of anilines is 1. The number of aromatic nitrogens is 1. The number of likely N-dealkylation sites (tertiary alicyclic amines) is 1. The van der Waals surface area contributed by atoms with Gasteiger partial charge in [0.05, 0.1) is 18.5 Å². The van der Waals surface area contributed by atoms with Gasteiger partial charge in [0, 0.05) is 31.7 Å². The Morgan fingerprint density at radius 1 is 1.37 bits per heavy atom. The van der Waals surface area contributed by atoms with E-state index >= 15 is 0 Å². The van der Waals surface area contributed by atoms with Gasteiger partial charge in [-0.05, 0) is 56.4 Å². The van der Waals surface area contributed by atoms with E-state index in [1.807, 2.05) is 17.9 Å². The molecule has 3 aliphatic rings. The highest BCUT2D eigenvalue weighted by Crippen LogP contribution is 2.49. The minimum Gasteiger partial charge on any atom is -0.477 e. The Labute approximate surface area is 160 Å². The number of nitriles is 1. The molecule has 0 radical (unpaired) electrons. The van der Waals surface area contributed by atoms with E-state index in [1.165, 1.54) is 6.42 Å². The third kappa shape index (κ3) is 3.95. The van der Waals surface area contributed by atoms with Crippen LogP contribution in [-0.2, 0) is 0 Å². The van der Waals surface area contributed by atoms with Crippen molar-refractivity contribution in [3.8, 4) is 12.1 Å². The van der Waals surface area contributed by atoms with Gasteiger partial charge in [0.2, 0.25) is 5.88 Å². The summed E-state index contributed by atoms with van der Waals surface area (Å²) in [6.07, 6.45) is 8.66. The zero-order chi connectivity index (χ0) is 18.8. The molecule has 27 heavy (non-hydrogen) atoms. The van der Waals surface area contributed by atoms with Gasteiger partial charge in [-0.2, -0.15) is 5.26 Å². The first-order chi connectivity index (χ1) is 13.2. The van der Waals surface area contributed by atoms with Gasteiger partial charge in [0.1, 0.15) is 0 Å². The van der Waals surface area contributed by atoms with Crippen LogP contribution in [0.2, 0.25) is 0 Å². The molecule has 1 saturated carbocycles. The molecule has 1 N–H and O–H groups in total. The highest BCUT2D eigenvalue weighted by molar-refractivity contribution is 5.93. The van der Waals surface area contributed by atoms with Crippen LogP contribution in [0.3, 0.4) is 0 Å². The molecule has 7 heteroatoms. The molecule has 0 unspecified atom stereocenters. The van der Waals surface area contributed by atoms with Gasteiger partial charge in [0.25, 0.3) is 0 Å². The van der Waals surface area contributed by atoms with Crippen molar-refractivity contribution in [1.29, 1.82) is 5.26 Å². The van der Waals surface area contributed by atoms with E-state index in [-0.39, 0.29) is 6.03 Å². The van der Waals surface area contributed by atoms with Crippen molar-refractivity contribution in [2.75, 3.05) is 37.7 Å². The number of hydrogen-bond donors (Lipinski definition) is 1. The average molecular weight is 369 g/mol. The number of urea groups is 1. The number of carbonyl (C=O) groups is 1. The van der Waals surface area contributed by atoms with Crippen LogP contribution in [0, 0.1) is 36.1 Å². The number of hydrogen-bond acceptors (Lipinski definition) is 5. The summed E-state index contributed by atoms with van der Waals surface area (Å²) < 4.78 is 5.92. The molecule has 0 aromatic carbocycles. The lowest BCUT2D eigenvalue weighted by atomic mass is 9.91. The van der Waals surface area contributed by atoms with E-state index in [1.54, 1.807) is 11.1 Å². The number of carbonyl (C=O) groups excluding carboxylic acids is 1. The number of aryl methyl sites for hydroxylation is 1. The maximum Gasteiger partial charge on any atom is 0.322 e. The minimum absolute atomic E-state index is 0.0646. The lowest BCUT2D eigenvalue weighted by Crippen LogP contribution is -2.30. The summed E-state index contributed by atoms with van der Waals surface area (Å²) >= 11 is 0. The van der Waals surface area contributed by atoms with Gasteiger partial charge < -0.3 is 15.0 Å². The third-order valence-electron chi connectivity index (χ3n) is 6.18. The zero-order valence-electron chi connectivity index (χ0n) is 15.9. The molecule has 1 aromatic rings. The number of piperidine rings is 1. The Morgan fingerprint density at radius 3 is 2.85 bits per heavy atom. The molecule has 0 bridgehead atoms. The van der Waals surface area contributed by atoms with Gasteiger partial charge >= 0.3 is 6.03 Å². The second-order valence-electron chi connectivity index (χ2n) is 7.92. The van der Waals surface area contributed by atoms with Crippen LogP contribution >= 0.6 is 0 Å². The molecule has 2 atom stereocenters. The number of amides is 2. The predicted octanol–water partition coefficient (Wildman–Crippen LogP) is 2.52. The average Bonchev–Trinajstić information content (AvgIpc) is 3.33. The van der Waals surface area contributed by atoms with Crippen molar-refractivity contribution in [3.63, 3.8) is 0 Å². The van der Waals surface area contributed by atoms with Crippen LogP contribution in [0.4, 0.5) is 10.5 Å². The zero-order valence-corrected chi connectivity index (χ0v) is 15.9. The molecule has 2 amide bonds. The second-order valence-corrected chi connectivity index (χ2v) is 7.92. The monoisotopic (exact) mass is 369 g/mol. The van der Waals surface area contributed by atoms with Gasteiger partial charge in [-0.3, -0.25) is 4.90 Å². The molecule has 4 rings (SSSR count). The van der Waals surface area contributed by atoms with Crippen LogP contribution in [0.5, 0.6) is 5.88 Å². The second kappa shape index (κ2) is 7.63. The van der Waals surface area contributed by atoms with Crippen LogP contribution < -0.4 is 15.0 Å². The van der Waals surface area contributed by atoms with Crippen molar-refractivity contribution < 1.29 is 9.53 Å². The van der Waals surface area contributed by atoms with Crippen LogP contribution in [-0.4, -0.2) is 48.7 Å². The van der Waals surface area contributed by atoms with E-state index in [9.17, 15) is 4.79 Å². The number of nitrogens with zero attached hydrogens (tertiary/aromatic N) is 4. The Balaban J connectivity index is 1.22. The summed E-state index contributed by atoms with van der Waals surface area (Å²) in [4.78, 5) is 19.8.